The first-order chi connectivity index (χ1) is 8.13. The SMILES string of the molecule is CN(C)CCc1noc(Cn2cc(N)cn2)n1. The highest BCUT2D eigenvalue weighted by Crippen LogP contribution is 2.03. The van der Waals surface area contributed by atoms with E-state index in [1.54, 1.807) is 17.1 Å². The molecule has 17 heavy (non-hydrogen) atoms. The molecule has 7 nitrogen and oxygen atoms in total. The van der Waals surface area contributed by atoms with Gasteiger partial charge in [-0.15, -0.1) is 0 Å². The predicted octanol–water partition coefficient (Wildman–Crippen LogP) is 0.000700. The van der Waals surface area contributed by atoms with E-state index < -0.39 is 0 Å². The summed E-state index contributed by atoms with van der Waals surface area (Å²) in [6.45, 7) is 1.35. The molecule has 0 bridgehead atoms. The zero-order chi connectivity index (χ0) is 12.3. The van der Waals surface area contributed by atoms with Crippen molar-refractivity contribution in [1.29, 1.82) is 0 Å². The van der Waals surface area contributed by atoms with Crippen LogP contribution < -0.4 is 5.73 Å². The van der Waals surface area contributed by atoms with Gasteiger partial charge < -0.3 is 15.2 Å². The van der Waals surface area contributed by atoms with Gasteiger partial charge in [-0.25, -0.2) is 0 Å². The third-order valence-corrected chi connectivity index (χ3v) is 2.24. The van der Waals surface area contributed by atoms with Crippen LogP contribution in [0.15, 0.2) is 16.9 Å². The van der Waals surface area contributed by atoms with E-state index in [9.17, 15) is 0 Å². The quantitative estimate of drug-likeness (QED) is 0.786. The lowest BCUT2D eigenvalue weighted by Gasteiger charge is -2.05. The van der Waals surface area contributed by atoms with Crippen molar-refractivity contribution in [1.82, 2.24) is 24.8 Å². The number of nitrogens with two attached hydrogens (primary N) is 1. The Morgan fingerprint density at radius 3 is 2.94 bits per heavy atom. The number of likely N-dealkylation sites (N-methyl/N-ethyl adjacent to an activating group) is 1. The van der Waals surface area contributed by atoms with E-state index in [0.717, 1.165) is 13.0 Å². The van der Waals surface area contributed by atoms with Crippen molar-refractivity contribution in [3.63, 3.8) is 0 Å². The fourth-order valence-electron chi connectivity index (χ4n) is 1.38. The monoisotopic (exact) mass is 236 g/mol. The molecule has 92 valence electrons. The minimum absolute atomic E-state index is 0.451. The summed E-state index contributed by atoms with van der Waals surface area (Å²) in [5.74, 6) is 1.26. The maximum Gasteiger partial charge on any atom is 0.248 e. The third kappa shape index (κ3) is 3.28. The molecule has 2 aromatic heterocycles. The molecule has 2 heterocycles. The van der Waals surface area contributed by atoms with Gasteiger partial charge in [-0.1, -0.05) is 5.16 Å². The first-order valence-electron chi connectivity index (χ1n) is 5.37. The third-order valence-electron chi connectivity index (χ3n) is 2.24. The van der Waals surface area contributed by atoms with Crippen molar-refractivity contribution in [2.75, 3.05) is 26.4 Å². The Hall–Kier alpha value is -1.89. The lowest BCUT2D eigenvalue weighted by atomic mass is 10.4. The van der Waals surface area contributed by atoms with Gasteiger partial charge in [-0.3, -0.25) is 4.68 Å². The van der Waals surface area contributed by atoms with Crippen LogP contribution in [-0.2, 0) is 13.0 Å². The molecule has 0 aliphatic rings. The van der Waals surface area contributed by atoms with Crippen LogP contribution >= 0.6 is 0 Å². The fraction of sp³-hybridized carbons (Fsp3) is 0.500. The summed E-state index contributed by atoms with van der Waals surface area (Å²) in [4.78, 5) is 6.35. The van der Waals surface area contributed by atoms with Gasteiger partial charge in [-0.2, -0.15) is 10.1 Å². The van der Waals surface area contributed by atoms with E-state index in [4.69, 9.17) is 10.3 Å². The zero-order valence-corrected chi connectivity index (χ0v) is 10.00. The largest absolute Gasteiger partial charge is 0.396 e. The normalized spacial score (nSPS) is 11.2. The topological polar surface area (TPSA) is 86.0 Å². The molecule has 0 saturated heterocycles. The molecule has 0 unspecified atom stereocenters. The van der Waals surface area contributed by atoms with Crippen LogP contribution in [0, 0.1) is 0 Å². The molecular formula is C10H16N6O. The number of anilines is 1. The molecule has 2 N–H and O–H groups in total. The lowest BCUT2D eigenvalue weighted by Crippen LogP contribution is -2.15. The number of hydrogen-bond donors (Lipinski definition) is 1. The summed E-state index contributed by atoms with van der Waals surface area (Å²) in [5, 5.41) is 7.96. The molecule has 0 amide bonds. The molecule has 0 radical (unpaired) electrons. The zero-order valence-electron chi connectivity index (χ0n) is 10.00. The van der Waals surface area contributed by atoms with Gasteiger partial charge in [0.15, 0.2) is 5.82 Å². The molecule has 0 spiro atoms. The molecule has 2 rings (SSSR count). The second-order valence-electron chi connectivity index (χ2n) is 4.13. The highest BCUT2D eigenvalue weighted by molar-refractivity contribution is 5.30. The van der Waals surface area contributed by atoms with Crippen LogP contribution in [-0.4, -0.2) is 45.5 Å². The summed E-state index contributed by atoms with van der Waals surface area (Å²) in [5.41, 5.74) is 6.19. The van der Waals surface area contributed by atoms with E-state index in [0.29, 0.717) is 23.9 Å². The number of aromatic nitrogens is 4. The van der Waals surface area contributed by atoms with E-state index in [1.165, 1.54) is 0 Å². The first-order valence-corrected chi connectivity index (χ1v) is 5.37. The van der Waals surface area contributed by atoms with Crippen LogP contribution in [0.25, 0.3) is 0 Å². The first kappa shape index (κ1) is 11.6. The second-order valence-corrected chi connectivity index (χ2v) is 4.13. The second kappa shape index (κ2) is 4.96. The van der Waals surface area contributed by atoms with E-state index in [1.807, 2.05) is 14.1 Å². The molecule has 0 saturated carbocycles. The number of hydrogen-bond acceptors (Lipinski definition) is 6. The highest BCUT2D eigenvalue weighted by atomic mass is 16.5. The van der Waals surface area contributed by atoms with Crippen molar-refractivity contribution in [2.24, 2.45) is 0 Å². The molecule has 0 fully saturated rings. The average Bonchev–Trinajstić information content (AvgIpc) is 2.86. The maximum atomic E-state index is 5.56. The Bertz CT molecular complexity index is 475. The summed E-state index contributed by atoms with van der Waals surface area (Å²) in [7, 11) is 4.01. The van der Waals surface area contributed by atoms with E-state index in [2.05, 4.69) is 20.1 Å². The summed E-state index contributed by atoms with van der Waals surface area (Å²) >= 11 is 0. The minimum atomic E-state index is 0.451. The minimum Gasteiger partial charge on any atom is -0.396 e. The Morgan fingerprint density at radius 2 is 2.29 bits per heavy atom. The van der Waals surface area contributed by atoms with Crippen molar-refractivity contribution in [3.05, 3.63) is 24.1 Å². The molecule has 0 aromatic carbocycles. The van der Waals surface area contributed by atoms with Crippen LogP contribution in [0.4, 0.5) is 5.69 Å². The highest BCUT2D eigenvalue weighted by Gasteiger charge is 2.07. The fourth-order valence-corrected chi connectivity index (χ4v) is 1.38. The van der Waals surface area contributed by atoms with Crippen molar-refractivity contribution in [3.8, 4) is 0 Å². The number of nitrogens with zero attached hydrogens (tertiary/aromatic N) is 5. The number of nitrogen functional groups attached to an aromatic ring is 1. The Labute approximate surface area is 99.2 Å². The summed E-state index contributed by atoms with van der Waals surface area (Å²) < 4.78 is 6.79. The van der Waals surface area contributed by atoms with Gasteiger partial charge in [0.25, 0.3) is 0 Å². The predicted molar refractivity (Wildman–Crippen MR) is 62.3 cm³/mol. The van der Waals surface area contributed by atoms with Gasteiger partial charge in [0.05, 0.1) is 11.9 Å². The molecular weight excluding hydrogens is 220 g/mol. The van der Waals surface area contributed by atoms with Crippen LogP contribution in [0.1, 0.15) is 11.7 Å². The standard InChI is InChI=1S/C10H16N6O/c1-15(2)4-3-9-13-10(17-14-9)7-16-6-8(11)5-12-16/h5-6H,3-4,7,11H2,1-2H3. The molecule has 0 aliphatic heterocycles. The van der Waals surface area contributed by atoms with Gasteiger partial charge in [0, 0.05) is 19.2 Å². The number of rotatable bonds is 5. The molecule has 0 atom stereocenters. The Balaban J connectivity index is 1.94. The van der Waals surface area contributed by atoms with Gasteiger partial charge in [0.1, 0.15) is 6.54 Å². The summed E-state index contributed by atoms with van der Waals surface area (Å²) in [6.07, 6.45) is 4.09. The van der Waals surface area contributed by atoms with Gasteiger partial charge in [0.2, 0.25) is 5.89 Å². The maximum absolute atomic E-state index is 5.56. The Morgan fingerprint density at radius 1 is 1.47 bits per heavy atom. The molecule has 7 heteroatoms. The lowest BCUT2D eigenvalue weighted by molar-refractivity contribution is 0.356. The van der Waals surface area contributed by atoms with Crippen molar-refractivity contribution in [2.45, 2.75) is 13.0 Å². The Kier molecular flexibility index (Phi) is 3.38. The van der Waals surface area contributed by atoms with Crippen LogP contribution in [0.3, 0.4) is 0 Å². The average molecular weight is 236 g/mol. The smallest absolute Gasteiger partial charge is 0.248 e. The molecule has 2 aromatic rings. The van der Waals surface area contributed by atoms with Crippen LogP contribution in [0.5, 0.6) is 0 Å². The molecule has 0 aliphatic carbocycles. The van der Waals surface area contributed by atoms with Gasteiger partial charge in [-0.05, 0) is 14.1 Å². The van der Waals surface area contributed by atoms with E-state index in [-0.39, 0.29) is 0 Å². The van der Waals surface area contributed by atoms with Crippen molar-refractivity contribution < 1.29 is 4.52 Å². The van der Waals surface area contributed by atoms with Crippen LogP contribution in [0.2, 0.25) is 0 Å². The van der Waals surface area contributed by atoms with Gasteiger partial charge >= 0.3 is 0 Å². The van der Waals surface area contributed by atoms with Crippen molar-refractivity contribution >= 4 is 5.69 Å². The van der Waals surface area contributed by atoms with E-state index >= 15 is 0 Å². The summed E-state index contributed by atoms with van der Waals surface area (Å²) in [6, 6.07) is 0.